The zero-order valence-electron chi connectivity index (χ0n) is 18.4. The summed E-state index contributed by atoms with van der Waals surface area (Å²) in [6, 6.07) is 7.88. The van der Waals surface area contributed by atoms with Gasteiger partial charge in [-0.1, -0.05) is 12.1 Å². The van der Waals surface area contributed by atoms with Crippen molar-refractivity contribution in [2.45, 2.75) is 64.0 Å². The number of rotatable bonds is 5. The summed E-state index contributed by atoms with van der Waals surface area (Å²) < 4.78 is 5.41. The lowest BCUT2D eigenvalue weighted by Gasteiger charge is -2.32. The van der Waals surface area contributed by atoms with Crippen molar-refractivity contribution >= 4 is 23.5 Å². The summed E-state index contributed by atoms with van der Waals surface area (Å²) in [4.78, 5) is 39.2. The lowest BCUT2D eigenvalue weighted by atomic mass is 9.89. The first-order chi connectivity index (χ1) is 14.1. The van der Waals surface area contributed by atoms with Gasteiger partial charge in [0, 0.05) is 19.2 Å². The molecule has 2 fully saturated rings. The fourth-order valence-electron chi connectivity index (χ4n) is 4.08. The number of ether oxygens (including phenoxy) is 1. The minimum Gasteiger partial charge on any atom is -0.459 e. The van der Waals surface area contributed by atoms with Crippen molar-refractivity contribution in [2.24, 2.45) is 0 Å². The lowest BCUT2D eigenvalue weighted by Crippen LogP contribution is -2.48. The number of piperidine rings is 2. The lowest BCUT2D eigenvalue weighted by molar-refractivity contribution is -0.156. The molecule has 3 rings (SSSR count). The van der Waals surface area contributed by atoms with E-state index < -0.39 is 5.60 Å². The molecular weight excluding hydrogens is 382 g/mol. The van der Waals surface area contributed by atoms with Gasteiger partial charge in [-0.05, 0) is 76.7 Å². The second kappa shape index (κ2) is 9.16. The smallest absolute Gasteiger partial charge is 0.320 e. The number of imide groups is 1. The fourth-order valence-corrected chi connectivity index (χ4v) is 4.08. The van der Waals surface area contributed by atoms with E-state index in [2.05, 4.69) is 22.3 Å². The second-order valence-electron chi connectivity index (χ2n) is 9.29. The maximum atomic E-state index is 12.2. The highest BCUT2D eigenvalue weighted by Crippen LogP contribution is 2.29. The summed E-state index contributed by atoms with van der Waals surface area (Å²) >= 11 is 0. The van der Waals surface area contributed by atoms with Crippen LogP contribution in [0.5, 0.6) is 0 Å². The quantitative estimate of drug-likeness (QED) is 0.589. The van der Waals surface area contributed by atoms with Gasteiger partial charge in [-0.3, -0.25) is 24.2 Å². The van der Waals surface area contributed by atoms with Crippen LogP contribution in [0, 0.1) is 0 Å². The number of nitrogens with zero attached hydrogens (tertiary/aromatic N) is 2. The molecule has 1 unspecified atom stereocenters. The predicted octanol–water partition coefficient (Wildman–Crippen LogP) is 2.77. The van der Waals surface area contributed by atoms with Crippen molar-refractivity contribution in [1.29, 1.82) is 0 Å². The van der Waals surface area contributed by atoms with Crippen LogP contribution in [-0.4, -0.2) is 65.9 Å². The van der Waals surface area contributed by atoms with Gasteiger partial charge in [0.2, 0.25) is 5.91 Å². The number of likely N-dealkylation sites (tertiary alicyclic amines) is 2. The zero-order valence-corrected chi connectivity index (χ0v) is 18.4. The third-order valence-electron chi connectivity index (χ3n) is 5.73. The van der Waals surface area contributed by atoms with Crippen molar-refractivity contribution in [3.05, 3.63) is 29.8 Å². The number of anilines is 1. The largest absolute Gasteiger partial charge is 0.459 e. The first kappa shape index (κ1) is 22.3. The number of likely N-dealkylation sites (N-methyl/N-ethyl adjacent to an activating group) is 1. The molecule has 0 saturated carbocycles. The molecule has 2 heterocycles. The summed E-state index contributed by atoms with van der Waals surface area (Å²) in [5.41, 5.74) is 1.72. The Bertz CT molecular complexity index is 777. The average molecular weight is 416 g/mol. The molecule has 0 bridgehead atoms. The molecule has 0 aliphatic carbocycles. The van der Waals surface area contributed by atoms with E-state index in [1.54, 1.807) is 0 Å². The topological polar surface area (TPSA) is 79.0 Å². The van der Waals surface area contributed by atoms with Crippen LogP contribution in [0.25, 0.3) is 0 Å². The monoisotopic (exact) mass is 415 g/mol. The standard InChI is InChI=1S/C23H33N3O4/c1-23(2,3)30-21(28)15-26-13-11-17(12-14-26)16-5-7-18(8-6-16)24-19-9-10-20(27)25(4)22(19)29/h5-8,17,19,24H,9-15H2,1-4H3. The fraction of sp³-hybridized carbons (Fsp3) is 0.609. The Hall–Kier alpha value is -2.41. The van der Waals surface area contributed by atoms with E-state index in [4.69, 9.17) is 4.74 Å². The number of benzene rings is 1. The third-order valence-corrected chi connectivity index (χ3v) is 5.73. The normalized spacial score (nSPS) is 21.6. The van der Waals surface area contributed by atoms with Gasteiger partial charge < -0.3 is 10.1 Å². The summed E-state index contributed by atoms with van der Waals surface area (Å²) in [6.45, 7) is 7.76. The highest BCUT2D eigenvalue weighted by atomic mass is 16.6. The van der Waals surface area contributed by atoms with E-state index in [1.165, 1.54) is 17.5 Å². The number of carbonyl (C=O) groups is 3. The minimum absolute atomic E-state index is 0.119. The molecule has 0 spiro atoms. The molecule has 1 atom stereocenters. The first-order valence-electron chi connectivity index (χ1n) is 10.7. The van der Waals surface area contributed by atoms with E-state index >= 15 is 0 Å². The molecule has 164 valence electrons. The SMILES string of the molecule is CN1C(=O)CCC(Nc2ccc(C3CCN(CC(=O)OC(C)(C)C)CC3)cc2)C1=O. The Balaban J connectivity index is 1.48. The van der Waals surface area contributed by atoms with Gasteiger partial charge in [0.05, 0.1) is 6.54 Å². The number of esters is 1. The van der Waals surface area contributed by atoms with Crippen molar-refractivity contribution in [1.82, 2.24) is 9.80 Å². The van der Waals surface area contributed by atoms with Crippen LogP contribution in [0.4, 0.5) is 5.69 Å². The molecule has 2 amide bonds. The van der Waals surface area contributed by atoms with Crippen LogP contribution in [-0.2, 0) is 19.1 Å². The number of carbonyl (C=O) groups excluding carboxylic acids is 3. The Morgan fingerprint density at radius 3 is 2.33 bits per heavy atom. The predicted molar refractivity (Wildman–Crippen MR) is 115 cm³/mol. The van der Waals surface area contributed by atoms with Gasteiger partial charge in [-0.15, -0.1) is 0 Å². The van der Waals surface area contributed by atoms with Crippen LogP contribution in [0.15, 0.2) is 24.3 Å². The maximum absolute atomic E-state index is 12.2. The van der Waals surface area contributed by atoms with Crippen LogP contribution >= 0.6 is 0 Å². The summed E-state index contributed by atoms with van der Waals surface area (Å²) in [5.74, 6) is 0.00841. The summed E-state index contributed by atoms with van der Waals surface area (Å²) in [6.07, 6.45) is 2.92. The zero-order chi connectivity index (χ0) is 21.9. The van der Waals surface area contributed by atoms with Crippen LogP contribution in [0.1, 0.15) is 57.9 Å². The van der Waals surface area contributed by atoms with Gasteiger partial charge in [0.25, 0.3) is 5.91 Å². The molecule has 2 aliphatic rings. The van der Waals surface area contributed by atoms with E-state index in [0.717, 1.165) is 31.6 Å². The van der Waals surface area contributed by atoms with E-state index in [9.17, 15) is 14.4 Å². The van der Waals surface area contributed by atoms with Crippen LogP contribution < -0.4 is 5.32 Å². The Kier molecular flexibility index (Phi) is 6.81. The molecule has 1 aromatic rings. The van der Waals surface area contributed by atoms with Gasteiger partial charge in [-0.25, -0.2) is 0 Å². The molecule has 2 aliphatic heterocycles. The molecule has 0 aromatic heterocycles. The van der Waals surface area contributed by atoms with E-state index in [-0.39, 0.29) is 23.8 Å². The maximum Gasteiger partial charge on any atom is 0.320 e. The van der Waals surface area contributed by atoms with Crippen molar-refractivity contribution in [2.75, 3.05) is 32.0 Å². The Morgan fingerprint density at radius 2 is 1.73 bits per heavy atom. The molecule has 1 N–H and O–H groups in total. The molecule has 1 aromatic carbocycles. The molecule has 0 radical (unpaired) electrons. The van der Waals surface area contributed by atoms with Gasteiger partial charge >= 0.3 is 5.97 Å². The molecule has 7 nitrogen and oxygen atoms in total. The number of amides is 2. The van der Waals surface area contributed by atoms with Gasteiger partial charge in [0.1, 0.15) is 11.6 Å². The highest BCUT2D eigenvalue weighted by molar-refractivity contribution is 6.01. The van der Waals surface area contributed by atoms with Crippen molar-refractivity contribution in [3.63, 3.8) is 0 Å². The number of hydrogen-bond donors (Lipinski definition) is 1. The molecule has 7 heteroatoms. The number of nitrogens with one attached hydrogen (secondary N) is 1. The summed E-state index contributed by atoms with van der Waals surface area (Å²) in [7, 11) is 1.54. The van der Waals surface area contributed by atoms with Crippen LogP contribution in [0.2, 0.25) is 0 Å². The van der Waals surface area contributed by atoms with Crippen molar-refractivity contribution in [3.8, 4) is 0 Å². The van der Waals surface area contributed by atoms with Crippen LogP contribution in [0.3, 0.4) is 0 Å². The average Bonchev–Trinajstić information content (AvgIpc) is 2.68. The molecular formula is C23H33N3O4. The van der Waals surface area contributed by atoms with Gasteiger partial charge in [0.15, 0.2) is 0 Å². The van der Waals surface area contributed by atoms with Gasteiger partial charge in [-0.2, -0.15) is 0 Å². The third kappa shape index (κ3) is 5.81. The Labute approximate surface area is 178 Å². The van der Waals surface area contributed by atoms with E-state index in [0.29, 0.717) is 25.3 Å². The van der Waals surface area contributed by atoms with Crippen molar-refractivity contribution < 1.29 is 19.1 Å². The molecule has 30 heavy (non-hydrogen) atoms. The molecule has 2 saturated heterocycles. The second-order valence-corrected chi connectivity index (χ2v) is 9.29. The number of hydrogen-bond acceptors (Lipinski definition) is 6. The minimum atomic E-state index is -0.446. The Morgan fingerprint density at radius 1 is 1.10 bits per heavy atom. The van der Waals surface area contributed by atoms with E-state index in [1.807, 2.05) is 32.9 Å². The summed E-state index contributed by atoms with van der Waals surface area (Å²) in [5, 5.41) is 3.26. The highest BCUT2D eigenvalue weighted by Gasteiger charge is 2.31. The first-order valence-corrected chi connectivity index (χ1v) is 10.7.